The van der Waals surface area contributed by atoms with E-state index in [0.717, 1.165) is 50.3 Å². The van der Waals surface area contributed by atoms with E-state index in [2.05, 4.69) is 82.8 Å². The van der Waals surface area contributed by atoms with Crippen molar-refractivity contribution in [2.45, 2.75) is 13.0 Å². The highest BCUT2D eigenvalue weighted by molar-refractivity contribution is 5.74. The Bertz CT molecular complexity index is 1060. The van der Waals surface area contributed by atoms with Gasteiger partial charge >= 0.3 is 6.03 Å². The van der Waals surface area contributed by atoms with Crippen LogP contribution in [0.3, 0.4) is 0 Å². The summed E-state index contributed by atoms with van der Waals surface area (Å²) in [7, 11) is 0. The molecule has 0 saturated carbocycles. The van der Waals surface area contributed by atoms with Crippen molar-refractivity contribution in [3.63, 3.8) is 0 Å². The highest BCUT2D eigenvalue weighted by Gasteiger charge is 2.17. The first kappa shape index (κ1) is 24.7. The number of rotatable bonds is 10. The summed E-state index contributed by atoms with van der Waals surface area (Å²) < 4.78 is 0. The van der Waals surface area contributed by atoms with Crippen molar-refractivity contribution in [2.24, 2.45) is 0 Å². The van der Waals surface area contributed by atoms with E-state index in [1.165, 1.54) is 16.7 Å². The van der Waals surface area contributed by atoms with Gasteiger partial charge < -0.3 is 15.5 Å². The third kappa shape index (κ3) is 7.81. The van der Waals surface area contributed by atoms with Crippen molar-refractivity contribution in [1.82, 2.24) is 20.4 Å². The van der Waals surface area contributed by atoms with Gasteiger partial charge in [0.1, 0.15) is 0 Å². The number of hydrogen-bond donors (Lipinski definition) is 2. The molecule has 0 spiro atoms. The van der Waals surface area contributed by atoms with Crippen molar-refractivity contribution in [1.29, 1.82) is 0 Å². The second-order valence-electron chi connectivity index (χ2n) is 9.16. The number of piperazine rings is 1. The van der Waals surface area contributed by atoms with Gasteiger partial charge in [0, 0.05) is 52.4 Å². The van der Waals surface area contributed by atoms with Crippen LogP contribution in [0.5, 0.6) is 0 Å². The Labute approximate surface area is 209 Å². The van der Waals surface area contributed by atoms with Crippen LogP contribution in [-0.4, -0.2) is 61.6 Å². The largest absolute Gasteiger partial charge is 0.338 e. The molecule has 3 aromatic carbocycles. The normalized spacial score (nSPS) is 13.8. The molecule has 4 rings (SSSR count). The first-order chi connectivity index (χ1) is 17.2. The fourth-order valence-corrected chi connectivity index (χ4v) is 4.43. The smallest absolute Gasteiger partial charge is 0.318 e. The maximum atomic E-state index is 13.2. The fraction of sp³-hybridized carbons (Fsp3) is 0.300. The lowest BCUT2D eigenvalue weighted by atomic mass is 10.0. The number of urea groups is 1. The summed E-state index contributed by atoms with van der Waals surface area (Å²) in [5, 5.41) is 6.51. The Balaban J connectivity index is 1.39. The first-order valence-electron chi connectivity index (χ1n) is 12.5. The van der Waals surface area contributed by atoms with Crippen molar-refractivity contribution >= 4 is 6.03 Å². The van der Waals surface area contributed by atoms with E-state index >= 15 is 0 Å². The topological polar surface area (TPSA) is 47.6 Å². The molecule has 0 aromatic heterocycles. The van der Waals surface area contributed by atoms with Crippen molar-refractivity contribution in [3.8, 4) is 11.1 Å². The van der Waals surface area contributed by atoms with E-state index in [9.17, 15) is 4.79 Å². The molecular formula is C30H36N4O. The van der Waals surface area contributed by atoms with E-state index in [0.29, 0.717) is 19.6 Å². The summed E-state index contributed by atoms with van der Waals surface area (Å²) in [6.07, 6.45) is 0.813. The highest BCUT2D eigenvalue weighted by Crippen LogP contribution is 2.20. The Kier molecular flexibility index (Phi) is 9.10. The molecule has 0 aliphatic carbocycles. The molecule has 182 valence electrons. The third-order valence-electron chi connectivity index (χ3n) is 6.33. The van der Waals surface area contributed by atoms with Gasteiger partial charge in [-0.3, -0.25) is 4.90 Å². The monoisotopic (exact) mass is 468 g/mol. The number of benzene rings is 3. The zero-order chi connectivity index (χ0) is 24.3. The Hall–Kier alpha value is -3.41. The number of hydrogen-bond acceptors (Lipinski definition) is 3. The lowest BCUT2D eigenvalue weighted by Gasteiger charge is -2.30. The van der Waals surface area contributed by atoms with E-state index in [1.807, 2.05) is 29.2 Å². The van der Waals surface area contributed by atoms with Crippen LogP contribution in [0.4, 0.5) is 4.79 Å². The number of carbonyl (C=O) groups excluding carboxylic acids is 1. The molecule has 1 fully saturated rings. The molecule has 0 radical (unpaired) electrons. The Morgan fingerprint density at radius 2 is 1.49 bits per heavy atom. The van der Waals surface area contributed by atoms with Crippen LogP contribution in [-0.2, 0) is 13.0 Å². The molecule has 2 N–H and O–H groups in total. The molecule has 1 saturated heterocycles. The molecule has 1 aliphatic rings. The standard InChI is InChI=1S/C30H36N4O/c1-25(22-33-20-18-31-19-21-33)23-34(30(35)32-17-16-26-8-4-2-5-9-26)24-27-12-14-29(15-13-27)28-10-6-3-7-11-28/h2-15,31H,1,16-24H2,(H,32,35). The summed E-state index contributed by atoms with van der Waals surface area (Å²) in [5.74, 6) is 0. The minimum Gasteiger partial charge on any atom is -0.338 e. The fourth-order valence-electron chi connectivity index (χ4n) is 4.43. The average molecular weight is 469 g/mol. The van der Waals surface area contributed by atoms with E-state index < -0.39 is 0 Å². The van der Waals surface area contributed by atoms with Gasteiger partial charge in [0.25, 0.3) is 0 Å². The van der Waals surface area contributed by atoms with Crippen LogP contribution in [0.2, 0.25) is 0 Å². The van der Waals surface area contributed by atoms with Gasteiger partial charge in [-0.1, -0.05) is 91.5 Å². The quantitative estimate of drug-likeness (QED) is 0.429. The van der Waals surface area contributed by atoms with E-state index in [-0.39, 0.29) is 6.03 Å². The van der Waals surface area contributed by atoms with Gasteiger partial charge in [-0.15, -0.1) is 0 Å². The third-order valence-corrected chi connectivity index (χ3v) is 6.33. The molecular weight excluding hydrogens is 432 g/mol. The van der Waals surface area contributed by atoms with Gasteiger partial charge in [-0.05, 0) is 34.2 Å². The summed E-state index contributed by atoms with van der Waals surface area (Å²) >= 11 is 0. The predicted octanol–water partition coefficient (Wildman–Crippen LogP) is 4.57. The molecule has 1 heterocycles. The van der Waals surface area contributed by atoms with Crippen LogP contribution >= 0.6 is 0 Å². The molecule has 1 aliphatic heterocycles. The molecule has 0 unspecified atom stereocenters. The molecule has 2 amide bonds. The van der Waals surface area contributed by atoms with Crippen molar-refractivity contribution in [2.75, 3.05) is 45.8 Å². The van der Waals surface area contributed by atoms with Gasteiger partial charge in [0.05, 0.1) is 0 Å². The SMILES string of the molecule is C=C(CN1CCNCC1)CN(Cc1ccc(-c2ccccc2)cc1)C(=O)NCCc1ccccc1. The molecule has 5 nitrogen and oxygen atoms in total. The van der Waals surface area contributed by atoms with E-state index in [1.54, 1.807) is 0 Å². The zero-order valence-corrected chi connectivity index (χ0v) is 20.5. The highest BCUT2D eigenvalue weighted by atomic mass is 16.2. The first-order valence-corrected chi connectivity index (χ1v) is 12.5. The summed E-state index contributed by atoms with van der Waals surface area (Å²) in [6.45, 7) is 10.9. The number of amides is 2. The van der Waals surface area contributed by atoms with E-state index in [4.69, 9.17) is 0 Å². The van der Waals surface area contributed by atoms with Crippen LogP contribution < -0.4 is 10.6 Å². The minimum atomic E-state index is -0.0467. The molecule has 0 atom stereocenters. The number of nitrogens with zero attached hydrogens (tertiary/aromatic N) is 2. The van der Waals surface area contributed by atoms with Crippen molar-refractivity contribution in [3.05, 3.63) is 108 Å². The predicted molar refractivity (Wildman–Crippen MR) is 144 cm³/mol. The summed E-state index contributed by atoms with van der Waals surface area (Å²) in [6, 6.07) is 29.1. The van der Waals surface area contributed by atoms with Crippen LogP contribution in [0.1, 0.15) is 11.1 Å². The second kappa shape index (κ2) is 12.9. The van der Waals surface area contributed by atoms with Gasteiger partial charge in [0.2, 0.25) is 0 Å². The Morgan fingerprint density at radius 3 is 2.17 bits per heavy atom. The van der Waals surface area contributed by atoms with Crippen LogP contribution in [0.25, 0.3) is 11.1 Å². The maximum absolute atomic E-state index is 13.2. The van der Waals surface area contributed by atoms with Crippen LogP contribution in [0.15, 0.2) is 97.1 Å². The average Bonchev–Trinajstić information content (AvgIpc) is 2.90. The zero-order valence-electron chi connectivity index (χ0n) is 20.5. The minimum absolute atomic E-state index is 0.0467. The lowest BCUT2D eigenvalue weighted by Crippen LogP contribution is -2.46. The van der Waals surface area contributed by atoms with Crippen LogP contribution in [0, 0.1) is 0 Å². The summed E-state index contributed by atoms with van der Waals surface area (Å²) in [4.78, 5) is 17.5. The number of nitrogens with one attached hydrogen (secondary N) is 2. The van der Waals surface area contributed by atoms with Crippen molar-refractivity contribution < 1.29 is 4.79 Å². The number of carbonyl (C=O) groups is 1. The second-order valence-corrected chi connectivity index (χ2v) is 9.16. The van der Waals surface area contributed by atoms with Gasteiger partial charge in [-0.2, -0.15) is 0 Å². The van der Waals surface area contributed by atoms with Gasteiger partial charge in [0.15, 0.2) is 0 Å². The molecule has 3 aromatic rings. The molecule has 5 heteroatoms. The van der Waals surface area contributed by atoms with Gasteiger partial charge in [-0.25, -0.2) is 4.79 Å². The maximum Gasteiger partial charge on any atom is 0.318 e. The lowest BCUT2D eigenvalue weighted by molar-refractivity contribution is 0.196. The summed E-state index contributed by atoms with van der Waals surface area (Å²) in [5.41, 5.74) is 5.76. The Morgan fingerprint density at radius 1 is 0.857 bits per heavy atom. The molecule has 35 heavy (non-hydrogen) atoms. The molecule has 0 bridgehead atoms.